The first-order valence-corrected chi connectivity index (χ1v) is 4.41. The molecule has 62 valence electrons. The molecule has 12 heavy (non-hydrogen) atoms. The molecule has 2 aromatic rings. The maximum Gasteiger partial charge on any atom is 0.0704 e. The van der Waals surface area contributed by atoms with Crippen molar-refractivity contribution < 1.29 is 0 Å². The van der Waals surface area contributed by atoms with Crippen molar-refractivity contribution in [1.82, 2.24) is 9.61 Å². The zero-order chi connectivity index (χ0) is 8.55. The Bertz CT molecular complexity index is 392. The van der Waals surface area contributed by atoms with Crippen LogP contribution in [-0.2, 0) is 0 Å². The maximum absolute atomic E-state index is 4.38. The predicted molar refractivity (Wildman–Crippen MR) is 52.6 cm³/mol. The zero-order valence-corrected chi connectivity index (χ0v) is 7.70. The van der Waals surface area contributed by atoms with E-state index in [1.807, 2.05) is 36.0 Å². The second-order valence-electron chi connectivity index (χ2n) is 2.81. The Morgan fingerprint density at radius 3 is 3.08 bits per heavy atom. The van der Waals surface area contributed by atoms with Crippen LogP contribution in [0, 0.1) is 0 Å². The highest BCUT2D eigenvalue weighted by Gasteiger charge is 2.06. The second kappa shape index (κ2) is 2.83. The molecule has 0 N–H and O–H groups in total. The molecule has 2 heterocycles. The van der Waals surface area contributed by atoms with Gasteiger partial charge in [0.05, 0.1) is 11.7 Å². The van der Waals surface area contributed by atoms with Gasteiger partial charge < -0.3 is 0 Å². The number of hydrogen-bond donors (Lipinski definition) is 1. The van der Waals surface area contributed by atoms with Gasteiger partial charge in [-0.2, -0.15) is 17.7 Å². The first kappa shape index (κ1) is 7.68. The summed E-state index contributed by atoms with van der Waals surface area (Å²) in [6.07, 6.45) is 3.81. The number of aromatic nitrogens is 2. The Morgan fingerprint density at radius 1 is 1.50 bits per heavy atom. The van der Waals surface area contributed by atoms with Gasteiger partial charge >= 0.3 is 0 Å². The standard InChI is InChI=1S/C9H10N2S/c1-7(12)8-6-10-11-5-3-2-4-9(8)11/h2-7,12H,1H3. The minimum atomic E-state index is 0.241. The summed E-state index contributed by atoms with van der Waals surface area (Å²) < 4.78 is 1.86. The molecule has 0 aliphatic heterocycles. The molecule has 0 spiro atoms. The van der Waals surface area contributed by atoms with Crippen LogP contribution in [0.4, 0.5) is 0 Å². The van der Waals surface area contributed by atoms with Crippen LogP contribution >= 0.6 is 12.6 Å². The average Bonchev–Trinajstić information content (AvgIpc) is 2.47. The van der Waals surface area contributed by atoms with E-state index in [2.05, 4.69) is 23.8 Å². The molecule has 3 heteroatoms. The highest BCUT2D eigenvalue weighted by molar-refractivity contribution is 7.80. The van der Waals surface area contributed by atoms with E-state index in [0.29, 0.717) is 0 Å². The number of fused-ring (bicyclic) bond motifs is 1. The molecule has 0 saturated heterocycles. The summed E-state index contributed by atoms with van der Waals surface area (Å²) in [5.74, 6) is 0. The summed E-state index contributed by atoms with van der Waals surface area (Å²) in [5.41, 5.74) is 2.32. The van der Waals surface area contributed by atoms with Gasteiger partial charge in [-0.15, -0.1) is 0 Å². The van der Waals surface area contributed by atoms with E-state index >= 15 is 0 Å². The topological polar surface area (TPSA) is 17.3 Å². The number of thiol groups is 1. The van der Waals surface area contributed by atoms with Crippen molar-refractivity contribution in [3.05, 3.63) is 36.2 Å². The lowest BCUT2D eigenvalue weighted by molar-refractivity contribution is 0.961. The largest absolute Gasteiger partial charge is 0.241 e. The Labute approximate surface area is 76.6 Å². The van der Waals surface area contributed by atoms with Crippen LogP contribution in [0.3, 0.4) is 0 Å². The fourth-order valence-electron chi connectivity index (χ4n) is 1.28. The van der Waals surface area contributed by atoms with Crippen molar-refractivity contribution in [1.29, 1.82) is 0 Å². The van der Waals surface area contributed by atoms with Gasteiger partial charge in [0, 0.05) is 17.0 Å². The molecular weight excluding hydrogens is 168 g/mol. The third-order valence-corrected chi connectivity index (χ3v) is 2.18. The van der Waals surface area contributed by atoms with Crippen molar-refractivity contribution in [2.24, 2.45) is 0 Å². The minimum absolute atomic E-state index is 0.241. The molecule has 0 aliphatic rings. The van der Waals surface area contributed by atoms with Crippen LogP contribution in [-0.4, -0.2) is 9.61 Å². The van der Waals surface area contributed by atoms with Crippen LogP contribution in [0.15, 0.2) is 30.6 Å². The number of pyridine rings is 1. The normalized spacial score (nSPS) is 13.5. The van der Waals surface area contributed by atoms with E-state index in [-0.39, 0.29) is 5.25 Å². The number of rotatable bonds is 1. The third-order valence-electron chi connectivity index (χ3n) is 1.91. The van der Waals surface area contributed by atoms with E-state index < -0.39 is 0 Å². The fourth-order valence-corrected chi connectivity index (χ4v) is 1.48. The fraction of sp³-hybridized carbons (Fsp3) is 0.222. The summed E-state index contributed by atoms with van der Waals surface area (Å²) in [6, 6.07) is 6.03. The van der Waals surface area contributed by atoms with Crippen LogP contribution in [0.5, 0.6) is 0 Å². The Morgan fingerprint density at radius 2 is 2.33 bits per heavy atom. The Balaban J connectivity index is 2.70. The molecule has 2 aromatic heterocycles. The summed E-state index contributed by atoms with van der Waals surface area (Å²) in [6.45, 7) is 2.05. The van der Waals surface area contributed by atoms with Crippen molar-refractivity contribution in [3.8, 4) is 0 Å². The predicted octanol–water partition coefficient (Wildman–Crippen LogP) is 2.33. The first-order valence-electron chi connectivity index (χ1n) is 3.89. The third kappa shape index (κ3) is 1.10. The van der Waals surface area contributed by atoms with Crippen molar-refractivity contribution >= 4 is 18.1 Å². The van der Waals surface area contributed by atoms with Gasteiger partial charge in [-0.1, -0.05) is 6.07 Å². The first-order chi connectivity index (χ1) is 5.79. The molecule has 1 unspecified atom stereocenters. The van der Waals surface area contributed by atoms with Crippen molar-refractivity contribution in [2.45, 2.75) is 12.2 Å². The lowest BCUT2D eigenvalue weighted by Gasteiger charge is -1.99. The van der Waals surface area contributed by atoms with E-state index in [9.17, 15) is 0 Å². The quantitative estimate of drug-likeness (QED) is 0.663. The average molecular weight is 178 g/mol. The van der Waals surface area contributed by atoms with E-state index in [0.717, 1.165) is 5.52 Å². The van der Waals surface area contributed by atoms with E-state index in [4.69, 9.17) is 0 Å². The molecule has 0 aromatic carbocycles. The van der Waals surface area contributed by atoms with Gasteiger partial charge in [0.2, 0.25) is 0 Å². The Hall–Kier alpha value is -0.960. The smallest absolute Gasteiger partial charge is 0.0704 e. The summed E-state index contributed by atoms with van der Waals surface area (Å²) >= 11 is 4.38. The van der Waals surface area contributed by atoms with Gasteiger partial charge in [0.25, 0.3) is 0 Å². The highest BCUT2D eigenvalue weighted by atomic mass is 32.1. The van der Waals surface area contributed by atoms with Crippen molar-refractivity contribution in [2.75, 3.05) is 0 Å². The monoisotopic (exact) mass is 178 g/mol. The van der Waals surface area contributed by atoms with Gasteiger partial charge in [-0.05, 0) is 19.1 Å². The number of hydrogen-bond acceptors (Lipinski definition) is 2. The van der Waals surface area contributed by atoms with Crippen LogP contribution < -0.4 is 0 Å². The van der Waals surface area contributed by atoms with Crippen molar-refractivity contribution in [3.63, 3.8) is 0 Å². The SMILES string of the molecule is CC(S)c1cnn2ccccc12. The van der Waals surface area contributed by atoms with Crippen LogP contribution in [0.1, 0.15) is 17.7 Å². The van der Waals surface area contributed by atoms with E-state index in [1.165, 1.54) is 5.56 Å². The van der Waals surface area contributed by atoms with Crippen LogP contribution in [0.25, 0.3) is 5.52 Å². The molecular formula is C9H10N2S. The Kier molecular flexibility index (Phi) is 1.81. The molecule has 0 bridgehead atoms. The van der Waals surface area contributed by atoms with E-state index in [1.54, 1.807) is 0 Å². The molecule has 0 saturated carbocycles. The molecule has 0 amide bonds. The van der Waals surface area contributed by atoms with Gasteiger partial charge in [0.15, 0.2) is 0 Å². The number of nitrogens with zero attached hydrogens (tertiary/aromatic N) is 2. The highest BCUT2D eigenvalue weighted by Crippen LogP contribution is 2.22. The molecule has 2 nitrogen and oxygen atoms in total. The van der Waals surface area contributed by atoms with Gasteiger partial charge in [-0.25, -0.2) is 4.52 Å². The molecule has 0 fully saturated rings. The van der Waals surface area contributed by atoms with Gasteiger partial charge in [0.1, 0.15) is 0 Å². The summed E-state index contributed by atoms with van der Waals surface area (Å²) in [4.78, 5) is 0. The van der Waals surface area contributed by atoms with Crippen LogP contribution in [0.2, 0.25) is 0 Å². The molecule has 1 atom stereocenters. The summed E-state index contributed by atoms with van der Waals surface area (Å²) in [7, 11) is 0. The molecule has 0 aliphatic carbocycles. The zero-order valence-electron chi connectivity index (χ0n) is 6.81. The summed E-state index contributed by atoms with van der Waals surface area (Å²) in [5, 5.41) is 4.45. The second-order valence-corrected chi connectivity index (χ2v) is 3.58. The lowest BCUT2D eigenvalue weighted by atomic mass is 10.2. The molecule has 0 radical (unpaired) electrons. The maximum atomic E-state index is 4.38. The van der Waals surface area contributed by atoms with Gasteiger partial charge in [-0.3, -0.25) is 0 Å². The minimum Gasteiger partial charge on any atom is -0.241 e. The molecule has 2 rings (SSSR count). The lowest BCUT2D eigenvalue weighted by Crippen LogP contribution is -1.85.